The Labute approximate surface area is 154 Å². The normalized spacial score (nSPS) is 24.3. The molecule has 1 saturated heterocycles. The Morgan fingerprint density at radius 2 is 1.77 bits per heavy atom. The van der Waals surface area contributed by atoms with E-state index < -0.39 is 0 Å². The largest absolute Gasteiger partial charge is 0.352 e. The molecular formula is C20H28FN3O2. The number of piperidine rings is 1. The van der Waals surface area contributed by atoms with Crippen LogP contribution in [0.2, 0.25) is 0 Å². The highest BCUT2D eigenvalue weighted by Crippen LogP contribution is 2.27. The zero-order chi connectivity index (χ0) is 18.5. The molecule has 2 unspecified atom stereocenters. The van der Waals surface area contributed by atoms with Crippen molar-refractivity contribution in [2.75, 3.05) is 13.1 Å². The molecule has 1 aliphatic carbocycles. The van der Waals surface area contributed by atoms with Gasteiger partial charge in [-0.1, -0.05) is 18.6 Å². The predicted octanol–water partition coefficient (Wildman–Crippen LogP) is 2.20. The number of rotatable bonds is 4. The predicted molar refractivity (Wildman–Crippen MR) is 97.5 cm³/mol. The van der Waals surface area contributed by atoms with Gasteiger partial charge in [0.2, 0.25) is 11.8 Å². The Bertz CT molecular complexity index is 626. The van der Waals surface area contributed by atoms with Crippen LogP contribution in [0.5, 0.6) is 0 Å². The van der Waals surface area contributed by atoms with Crippen LogP contribution < -0.4 is 11.1 Å². The second kappa shape index (κ2) is 8.62. The maximum atomic E-state index is 12.9. The molecule has 1 heterocycles. The van der Waals surface area contributed by atoms with Crippen molar-refractivity contribution in [2.24, 2.45) is 17.6 Å². The van der Waals surface area contributed by atoms with Crippen molar-refractivity contribution in [1.29, 1.82) is 0 Å². The second-order valence-corrected chi connectivity index (χ2v) is 7.57. The lowest BCUT2D eigenvalue weighted by Gasteiger charge is -2.35. The lowest BCUT2D eigenvalue weighted by molar-refractivity contribution is -0.140. The molecule has 3 rings (SSSR count). The molecule has 2 atom stereocenters. The van der Waals surface area contributed by atoms with Gasteiger partial charge in [0.05, 0.1) is 0 Å². The molecule has 0 radical (unpaired) electrons. The molecule has 26 heavy (non-hydrogen) atoms. The van der Waals surface area contributed by atoms with Crippen molar-refractivity contribution in [1.82, 2.24) is 10.2 Å². The Morgan fingerprint density at radius 1 is 1.08 bits per heavy atom. The van der Waals surface area contributed by atoms with Gasteiger partial charge in [-0.2, -0.15) is 0 Å². The van der Waals surface area contributed by atoms with Crippen LogP contribution >= 0.6 is 0 Å². The van der Waals surface area contributed by atoms with E-state index >= 15 is 0 Å². The first-order valence-electron chi connectivity index (χ1n) is 9.59. The molecule has 1 aromatic carbocycles. The lowest BCUT2D eigenvalue weighted by Crippen LogP contribution is -2.46. The van der Waals surface area contributed by atoms with Crippen molar-refractivity contribution in [3.05, 3.63) is 35.6 Å². The number of benzene rings is 1. The van der Waals surface area contributed by atoms with E-state index in [9.17, 15) is 14.0 Å². The van der Waals surface area contributed by atoms with E-state index in [1.807, 2.05) is 4.90 Å². The average molecular weight is 361 g/mol. The van der Waals surface area contributed by atoms with Gasteiger partial charge in [0.15, 0.2) is 0 Å². The Hall–Kier alpha value is -1.95. The quantitative estimate of drug-likeness (QED) is 0.863. The van der Waals surface area contributed by atoms with Crippen molar-refractivity contribution < 1.29 is 14.0 Å². The van der Waals surface area contributed by atoms with Crippen LogP contribution in [0.4, 0.5) is 4.39 Å². The first-order valence-corrected chi connectivity index (χ1v) is 9.59. The molecule has 6 heteroatoms. The summed E-state index contributed by atoms with van der Waals surface area (Å²) in [5.41, 5.74) is 6.88. The number of carbonyl (C=O) groups is 2. The number of nitrogens with zero attached hydrogens (tertiary/aromatic N) is 1. The summed E-state index contributed by atoms with van der Waals surface area (Å²) in [5.74, 6) is -0.0572. The van der Waals surface area contributed by atoms with E-state index in [2.05, 4.69) is 5.32 Å². The number of hydrogen-bond acceptors (Lipinski definition) is 3. The van der Waals surface area contributed by atoms with Crippen LogP contribution in [0.25, 0.3) is 0 Å². The maximum absolute atomic E-state index is 12.9. The fourth-order valence-corrected chi connectivity index (χ4v) is 4.01. The average Bonchev–Trinajstić information content (AvgIpc) is 2.67. The number of nitrogens with one attached hydrogen (secondary N) is 1. The van der Waals surface area contributed by atoms with Gasteiger partial charge in [-0.3, -0.25) is 9.59 Å². The van der Waals surface area contributed by atoms with Crippen LogP contribution in [0, 0.1) is 17.7 Å². The van der Waals surface area contributed by atoms with Gasteiger partial charge in [-0.05, 0) is 49.8 Å². The number of amides is 2. The van der Waals surface area contributed by atoms with E-state index in [1.165, 1.54) is 12.1 Å². The Balaban J connectivity index is 1.43. The van der Waals surface area contributed by atoms with Gasteiger partial charge in [0.25, 0.3) is 0 Å². The molecule has 2 amide bonds. The third-order valence-corrected chi connectivity index (χ3v) is 5.62. The summed E-state index contributed by atoms with van der Waals surface area (Å²) in [6, 6.07) is 6.27. The fraction of sp³-hybridized carbons (Fsp3) is 0.600. The van der Waals surface area contributed by atoms with E-state index in [0.29, 0.717) is 32.5 Å². The maximum Gasteiger partial charge on any atom is 0.225 e. The minimum Gasteiger partial charge on any atom is -0.352 e. The molecule has 1 saturated carbocycles. The molecule has 5 nitrogen and oxygen atoms in total. The highest BCUT2D eigenvalue weighted by Gasteiger charge is 2.32. The standard InChI is InChI=1S/C20H28FN3O2/c21-17-6-4-14(5-7-17)13-23-19(25)15-8-10-24(11-9-15)20(26)16-2-1-3-18(22)12-16/h4-7,15-16,18H,1-3,8-13,22H2,(H,23,25). The fourth-order valence-electron chi connectivity index (χ4n) is 4.01. The Kier molecular flexibility index (Phi) is 6.25. The summed E-state index contributed by atoms with van der Waals surface area (Å²) in [6.07, 6.45) is 5.15. The summed E-state index contributed by atoms with van der Waals surface area (Å²) >= 11 is 0. The zero-order valence-corrected chi connectivity index (χ0v) is 15.1. The van der Waals surface area contributed by atoms with Gasteiger partial charge in [-0.15, -0.1) is 0 Å². The molecule has 0 spiro atoms. The monoisotopic (exact) mass is 361 g/mol. The topological polar surface area (TPSA) is 75.4 Å². The van der Waals surface area contributed by atoms with Gasteiger partial charge < -0.3 is 16.0 Å². The lowest BCUT2D eigenvalue weighted by atomic mass is 9.84. The van der Waals surface area contributed by atoms with Crippen molar-refractivity contribution >= 4 is 11.8 Å². The van der Waals surface area contributed by atoms with Gasteiger partial charge >= 0.3 is 0 Å². The number of likely N-dealkylation sites (tertiary alicyclic amines) is 1. The van der Waals surface area contributed by atoms with Crippen molar-refractivity contribution in [3.63, 3.8) is 0 Å². The minimum absolute atomic E-state index is 0.0149. The molecule has 142 valence electrons. The molecule has 1 aliphatic heterocycles. The smallest absolute Gasteiger partial charge is 0.225 e. The summed E-state index contributed by atoms with van der Waals surface area (Å²) in [5, 5.41) is 2.92. The summed E-state index contributed by atoms with van der Waals surface area (Å²) in [6.45, 7) is 1.68. The summed E-state index contributed by atoms with van der Waals surface area (Å²) < 4.78 is 12.9. The number of halogens is 1. The van der Waals surface area contributed by atoms with E-state index in [1.54, 1.807) is 12.1 Å². The molecule has 1 aromatic rings. The summed E-state index contributed by atoms with van der Waals surface area (Å²) in [4.78, 5) is 26.9. The van der Waals surface area contributed by atoms with Crippen molar-refractivity contribution in [3.8, 4) is 0 Å². The Morgan fingerprint density at radius 3 is 2.42 bits per heavy atom. The molecular weight excluding hydrogens is 333 g/mol. The zero-order valence-electron chi connectivity index (χ0n) is 15.1. The molecule has 0 aromatic heterocycles. The SMILES string of the molecule is NC1CCCC(C(=O)N2CCC(C(=O)NCc3ccc(F)cc3)CC2)C1. The molecule has 2 fully saturated rings. The van der Waals surface area contributed by atoms with Crippen LogP contribution in [0.1, 0.15) is 44.1 Å². The summed E-state index contributed by atoms with van der Waals surface area (Å²) in [7, 11) is 0. The van der Waals surface area contributed by atoms with Crippen molar-refractivity contribution in [2.45, 2.75) is 51.1 Å². The van der Waals surface area contributed by atoms with E-state index in [4.69, 9.17) is 5.73 Å². The van der Waals surface area contributed by atoms with Gasteiger partial charge in [0, 0.05) is 37.5 Å². The number of carbonyl (C=O) groups excluding carboxylic acids is 2. The highest BCUT2D eigenvalue weighted by atomic mass is 19.1. The number of nitrogens with two attached hydrogens (primary N) is 1. The van der Waals surface area contributed by atoms with Crippen LogP contribution in [-0.2, 0) is 16.1 Å². The first-order chi connectivity index (χ1) is 12.5. The number of hydrogen-bond donors (Lipinski definition) is 2. The molecule has 0 bridgehead atoms. The van der Waals surface area contributed by atoms with Gasteiger partial charge in [0.1, 0.15) is 5.82 Å². The van der Waals surface area contributed by atoms with E-state index in [0.717, 1.165) is 31.2 Å². The van der Waals surface area contributed by atoms with Crippen LogP contribution in [0.3, 0.4) is 0 Å². The second-order valence-electron chi connectivity index (χ2n) is 7.57. The van der Waals surface area contributed by atoms with Crippen LogP contribution in [-0.4, -0.2) is 35.8 Å². The van der Waals surface area contributed by atoms with Gasteiger partial charge in [-0.25, -0.2) is 4.39 Å². The molecule has 2 aliphatic rings. The third-order valence-electron chi connectivity index (χ3n) is 5.62. The minimum atomic E-state index is -0.281. The first kappa shape index (κ1) is 18.8. The third kappa shape index (κ3) is 4.81. The highest BCUT2D eigenvalue weighted by molar-refractivity contribution is 5.81. The van der Waals surface area contributed by atoms with E-state index in [-0.39, 0.29) is 35.5 Å². The van der Waals surface area contributed by atoms with Crippen LogP contribution in [0.15, 0.2) is 24.3 Å². The molecule has 3 N–H and O–H groups in total.